The van der Waals surface area contributed by atoms with E-state index in [1.54, 1.807) is 55.4 Å². The molecule has 12 heteroatoms. The maximum absolute atomic E-state index is 11.8. The summed E-state index contributed by atoms with van der Waals surface area (Å²) in [6, 6.07) is 0. The Kier molecular flexibility index (Phi) is 18.5. The molecule has 0 bridgehead atoms. The van der Waals surface area contributed by atoms with Gasteiger partial charge < -0.3 is 42.6 Å². The van der Waals surface area contributed by atoms with Gasteiger partial charge in [0.15, 0.2) is 0 Å². The second-order valence-corrected chi connectivity index (χ2v) is 9.21. The van der Waals surface area contributed by atoms with Crippen molar-refractivity contribution in [1.82, 2.24) is 0 Å². The van der Waals surface area contributed by atoms with Crippen LogP contribution in [0.1, 0.15) is 68.7 Å². The Bertz CT molecular complexity index is 603. The van der Waals surface area contributed by atoms with Crippen molar-refractivity contribution < 1.29 is 57.0 Å². The lowest BCUT2D eigenvalue weighted by molar-refractivity contribution is -0.128. The highest BCUT2D eigenvalue weighted by Crippen LogP contribution is 2.08. The van der Waals surface area contributed by atoms with Gasteiger partial charge in [0.2, 0.25) is 0 Å². The first-order chi connectivity index (χ1) is 17.3. The van der Waals surface area contributed by atoms with E-state index in [9.17, 15) is 14.4 Å². The second kappa shape index (κ2) is 19.8. The third kappa shape index (κ3) is 20.4. The fourth-order valence-corrected chi connectivity index (χ4v) is 2.42. The van der Waals surface area contributed by atoms with Crippen molar-refractivity contribution >= 4 is 18.5 Å². The highest BCUT2D eigenvalue weighted by Gasteiger charge is 2.21. The topological polar surface area (TPSA) is 134 Å². The zero-order chi connectivity index (χ0) is 28.4. The van der Waals surface area contributed by atoms with Crippen LogP contribution in [0.5, 0.6) is 0 Å². The molecular weight excluding hydrogens is 492 g/mol. The summed E-state index contributed by atoms with van der Waals surface area (Å²) in [4.78, 5) is 34.9. The van der Waals surface area contributed by atoms with Gasteiger partial charge in [-0.15, -0.1) is 0 Å². The normalized spacial score (nSPS) is 15.3. The van der Waals surface area contributed by atoms with Gasteiger partial charge in [0, 0.05) is 0 Å². The Balaban J connectivity index is 4.76. The van der Waals surface area contributed by atoms with Crippen LogP contribution in [0.25, 0.3) is 0 Å². The van der Waals surface area contributed by atoms with E-state index in [4.69, 9.17) is 42.6 Å². The summed E-state index contributed by atoms with van der Waals surface area (Å²) in [6.45, 7) is 15.9. The van der Waals surface area contributed by atoms with Gasteiger partial charge in [0.05, 0.1) is 43.7 Å². The molecule has 0 aromatic carbocycles. The van der Waals surface area contributed by atoms with Crippen LogP contribution in [-0.2, 0) is 42.6 Å². The predicted molar refractivity (Wildman–Crippen MR) is 132 cm³/mol. The fourth-order valence-electron chi connectivity index (χ4n) is 2.42. The average molecular weight is 539 g/mol. The summed E-state index contributed by atoms with van der Waals surface area (Å²) in [5.74, 6) is 0. The van der Waals surface area contributed by atoms with Crippen LogP contribution in [0, 0.1) is 0 Å². The van der Waals surface area contributed by atoms with Gasteiger partial charge in [-0.05, 0) is 61.8 Å². The Morgan fingerprint density at radius 3 is 1.27 bits per heavy atom. The SMILES string of the molecule is CCC(C)OC(=O)OCC(C)OC(COC(C)COC(=O)OC(C)C)COC(C)COC(=O)OC(C)C. The molecule has 4 atom stereocenters. The summed E-state index contributed by atoms with van der Waals surface area (Å²) in [5.41, 5.74) is 0. The van der Waals surface area contributed by atoms with Gasteiger partial charge in [-0.25, -0.2) is 14.4 Å². The van der Waals surface area contributed by atoms with E-state index in [-0.39, 0.29) is 51.3 Å². The van der Waals surface area contributed by atoms with Gasteiger partial charge in [0.25, 0.3) is 0 Å². The monoisotopic (exact) mass is 538 g/mol. The highest BCUT2D eigenvalue weighted by molar-refractivity contribution is 5.60. The molecule has 0 aliphatic heterocycles. The number of rotatable bonds is 18. The zero-order valence-corrected chi connectivity index (χ0v) is 23.7. The Labute approximate surface area is 220 Å². The average Bonchev–Trinajstić information content (AvgIpc) is 2.80. The largest absolute Gasteiger partial charge is 0.508 e. The molecule has 12 nitrogen and oxygen atoms in total. The molecule has 0 amide bonds. The van der Waals surface area contributed by atoms with Gasteiger partial charge in [-0.3, -0.25) is 0 Å². The fraction of sp³-hybridized carbons (Fsp3) is 0.880. The third-order valence-electron chi connectivity index (χ3n) is 4.40. The van der Waals surface area contributed by atoms with E-state index in [0.29, 0.717) is 6.42 Å². The molecule has 0 fully saturated rings. The molecule has 0 heterocycles. The molecule has 0 aliphatic rings. The highest BCUT2D eigenvalue weighted by atomic mass is 16.7. The smallest absolute Gasteiger partial charge is 0.432 e. The van der Waals surface area contributed by atoms with Crippen LogP contribution in [0.3, 0.4) is 0 Å². The zero-order valence-electron chi connectivity index (χ0n) is 23.7. The van der Waals surface area contributed by atoms with Crippen LogP contribution in [0.4, 0.5) is 14.4 Å². The van der Waals surface area contributed by atoms with E-state index in [1.165, 1.54) is 0 Å². The summed E-state index contributed by atoms with van der Waals surface area (Å²) in [7, 11) is 0. The van der Waals surface area contributed by atoms with Gasteiger partial charge >= 0.3 is 18.5 Å². The number of carbonyl (C=O) groups is 3. The van der Waals surface area contributed by atoms with Crippen LogP contribution in [0.15, 0.2) is 0 Å². The maximum atomic E-state index is 11.8. The maximum Gasteiger partial charge on any atom is 0.508 e. The van der Waals surface area contributed by atoms with E-state index in [0.717, 1.165) is 0 Å². The minimum atomic E-state index is -0.776. The molecule has 0 saturated heterocycles. The van der Waals surface area contributed by atoms with Gasteiger partial charge in [-0.2, -0.15) is 0 Å². The van der Waals surface area contributed by atoms with E-state index < -0.39 is 42.9 Å². The third-order valence-corrected chi connectivity index (χ3v) is 4.40. The molecule has 0 saturated carbocycles. The van der Waals surface area contributed by atoms with Crippen molar-refractivity contribution in [2.24, 2.45) is 0 Å². The van der Waals surface area contributed by atoms with E-state index in [2.05, 4.69) is 0 Å². The number of ether oxygens (including phenoxy) is 9. The van der Waals surface area contributed by atoms with Crippen molar-refractivity contribution in [3.63, 3.8) is 0 Å². The number of carbonyl (C=O) groups excluding carboxylic acids is 3. The van der Waals surface area contributed by atoms with Crippen LogP contribution < -0.4 is 0 Å². The molecule has 0 radical (unpaired) electrons. The lowest BCUT2D eigenvalue weighted by Crippen LogP contribution is -2.35. The lowest BCUT2D eigenvalue weighted by Gasteiger charge is -2.25. The van der Waals surface area contributed by atoms with Crippen molar-refractivity contribution in [2.75, 3.05) is 33.0 Å². The summed E-state index contributed by atoms with van der Waals surface area (Å²) in [6.07, 6.45) is -4.45. The van der Waals surface area contributed by atoms with Crippen molar-refractivity contribution in [3.8, 4) is 0 Å². The molecule has 0 aliphatic carbocycles. The van der Waals surface area contributed by atoms with Crippen LogP contribution in [-0.4, -0.2) is 94.2 Å². The van der Waals surface area contributed by atoms with Crippen LogP contribution >= 0.6 is 0 Å². The number of hydrogen-bond acceptors (Lipinski definition) is 12. The lowest BCUT2D eigenvalue weighted by atomic mass is 10.3. The van der Waals surface area contributed by atoms with E-state index in [1.807, 2.05) is 6.92 Å². The number of hydrogen-bond donors (Lipinski definition) is 0. The molecule has 218 valence electrons. The van der Waals surface area contributed by atoms with Crippen molar-refractivity contribution in [3.05, 3.63) is 0 Å². The van der Waals surface area contributed by atoms with Crippen molar-refractivity contribution in [1.29, 1.82) is 0 Å². The summed E-state index contributed by atoms with van der Waals surface area (Å²) >= 11 is 0. The summed E-state index contributed by atoms with van der Waals surface area (Å²) < 4.78 is 47.5. The molecule has 0 spiro atoms. The standard InChI is InChI=1S/C25H46O12/c1-10-18(6)37-25(28)33-13-21(9)36-22(14-29-19(7)11-31-23(26)34-16(2)3)15-30-20(8)12-32-24(27)35-17(4)5/h16-22H,10-15H2,1-9H3. The molecular formula is C25H46O12. The first-order valence-corrected chi connectivity index (χ1v) is 12.7. The molecule has 0 aromatic heterocycles. The minimum Gasteiger partial charge on any atom is -0.432 e. The quantitative estimate of drug-likeness (QED) is 0.178. The molecule has 0 N–H and O–H groups in total. The molecule has 0 aromatic rings. The Morgan fingerprint density at radius 2 is 0.892 bits per heavy atom. The first kappa shape index (κ1) is 34.7. The van der Waals surface area contributed by atoms with Gasteiger partial charge in [-0.1, -0.05) is 6.92 Å². The van der Waals surface area contributed by atoms with Crippen LogP contribution in [0.2, 0.25) is 0 Å². The summed E-state index contributed by atoms with van der Waals surface area (Å²) in [5, 5.41) is 0. The predicted octanol–water partition coefficient (Wildman–Crippen LogP) is 4.65. The molecule has 0 rings (SSSR count). The molecule has 37 heavy (non-hydrogen) atoms. The Morgan fingerprint density at radius 1 is 0.514 bits per heavy atom. The minimum absolute atomic E-state index is 0.0124. The van der Waals surface area contributed by atoms with Gasteiger partial charge in [0.1, 0.15) is 32.0 Å². The molecule has 4 unspecified atom stereocenters. The first-order valence-electron chi connectivity index (χ1n) is 12.7. The second-order valence-electron chi connectivity index (χ2n) is 9.21. The van der Waals surface area contributed by atoms with E-state index >= 15 is 0 Å². The van der Waals surface area contributed by atoms with Crippen molar-refractivity contribution in [2.45, 2.75) is 111 Å². The Hall–Kier alpha value is -2.31.